The van der Waals surface area contributed by atoms with Gasteiger partial charge in [-0.3, -0.25) is 19.3 Å². The van der Waals surface area contributed by atoms with E-state index in [0.717, 1.165) is 48.8 Å². The van der Waals surface area contributed by atoms with Crippen LogP contribution in [0.1, 0.15) is 17.3 Å². The highest BCUT2D eigenvalue weighted by atomic mass is 35.5. The lowest BCUT2D eigenvalue weighted by atomic mass is 10.2. The van der Waals surface area contributed by atoms with Gasteiger partial charge < -0.3 is 9.84 Å². The van der Waals surface area contributed by atoms with Gasteiger partial charge in [0.1, 0.15) is 0 Å². The van der Waals surface area contributed by atoms with Gasteiger partial charge in [-0.25, -0.2) is 0 Å². The van der Waals surface area contributed by atoms with Gasteiger partial charge in [0.15, 0.2) is 0 Å². The summed E-state index contributed by atoms with van der Waals surface area (Å²) >= 11 is 5.93. The number of nitrogens with zero attached hydrogens (tertiary/aromatic N) is 6. The Balaban J connectivity index is 1.25. The molecule has 1 fully saturated rings. The standard InChI is InChI=1S/C21H26ClN7O2/c1-14-20(15(2)27(3)25-14)23-18(30)12-28-8-10-29(11-9-28)13-19-24-21(26-31-19)16-4-6-17(22)7-5-16/h4-7H,8-13H2,1-3H3,(H,23,30). The van der Waals surface area contributed by atoms with Crippen LogP contribution in [0.4, 0.5) is 5.69 Å². The average Bonchev–Trinajstić information content (AvgIpc) is 3.30. The third-order valence-electron chi connectivity index (χ3n) is 5.53. The molecular weight excluding hydrogens is 418 g/mol. The van der Waals surface area contributed by atoms with Crippen molar-refractivity contribution in [3.05, 3.63) is 46.6 Å². The molecule has 9 nitrogen and oxygen atoms in total. The summed E-state index contributed by atoms with van der Waals surface area (Å²) in [4.78, 5) is 21.4. The van der Waals surface area contributed by atoms with Crippen molar-refractivity contribution in [3.8, 4) is 11.4 Å². The van der Waals surface area contributed by atoms with Crippen LogP contribution in [0.3, 0.4) is 0 Å². The highest BCUT2D eigenvalue weighted by Crippen LogP contribution is 2.20. The average molecular weight is 444 g/mol. The Hall–Kier alpha value is -2.75. The summed E-state index contributed by atoms with van der Waals surface area (Å²) in [5, 5.41) is 12.1. The summed E-state index contributed by atoms with van der Waals surface area (Å²) in [6, 6.07) is 7.35. The van der Waals surface area contributed by atoms with Crippen molar-refractivity contribution in [1.82, 2.24) is 29.7 Å². The predicted molar refractivity (Wildman–Crippen MR) is 118 cm³/mol. The second-order valence-corrected chi connectivity index (χ2v) is 8.22. The van der Waals surface area contributed by atoms with Crippen LogP contribution in [-0.4, -0.2) is 68.4 Å². The summed E-state index contributed by atoms with van der Waals surface area (Å²) in [6.45, 7) is 8.07. The Morgan fingerprint density at radius 3 is 2.45 bits per heavy atom. The molecule has 0 radical (unpaired) electrons. The van der Waals surface area contributed by atoms with Crippen LogP contribution in [0.25, 0.3) is 11.4 Å². The fourth-order valence-electron chi connectivity index (χ4n) is 3.67. The van der Waals surface area contributed by atoms with Gasteiger partial charge in [-0.15, -0.1) is 0 Å². The van der Waals surface area contributed by atoms with Crippen molar-refractivity contribution < 1.29 is 9.32 Å². The molecule has 0 aliphatic carbocycles. The van der Waals surface area contributed by atoms with Crippen molar-refractivity contribution in [2.45, 2.75) is 20.4 Å². The molecule has 0 bridgehead atoms. The van der Waals surface area contributed by atoms with Gasteiger partial charge in [-0.1, -0.05) is 16.8 Å². The lowest BCUT2D eigenvalue weighted by molar-refractivity contribution is -0.117. The molecule has 0 spiro atoms. The van der Waals surface area contributed by atoms with Crippen LogP contribution >= 0.6 is 11.6 Å². The number of aryl methyl sites for hydroxylation is 2. The minimum Gasteiger partial charge on any atom is -0.338 e. The van der Waals surface area contributed by atoms with E-state index < -0.39 is 0 Å². The van der Waals surface area contributed by atoms with E-state index in [-0.39, 0.29) is 5.91 Å². The Morgan fingerprint density at radius 1 is 1.13 bits per heavy atom. The van der Waals surface area contributed by atoms with Gasteiger partial charge in [0, 0.05) is 43.8 Å². The fourth-order valence-corrected chi connectivity index (χ4v) is 3.79. The van der Waals surface area contributed by atoms with E-state index in [0.29, 0.717) is 29.8 Å². The number of nitrogens with one attached hydrogen (secondary N) is 1. The summed E-state index contributed by atoms with van der Waals surface area (Å²) in [6.07, 6.45) is 0. The highest BCUT2D eigenvalue weighted by molar-refractivity contribution is 6.30. The molecule has 1 aliphatic heterocycles. The maximum atomic E-state index is 12.5. The number of benzene rings is 1. The quantitative estimate of drug-likeness (QED) is 0.625. The monoisotopic (exact) mass is 443 g/mol. The third-order valence-corrected chi connectivity index (χ3v) is 5.79. The smallest absolute Gasteiger partial charge is 0.241 e. The summed E-state index contributed by atoms with van der Waals surface area (Å²) in [7, 11) is 1.87. The molecule has 0 saturated carbocycles. The SMILES string of the molecule is Cc1nn(C)c(C)c1NC(=O)CN1CCN(Cc2nc(-c3ccc(Cl)cc3)no2)CC1. The van der Waals surface area contributed by atoms with Gasteiger partial charge in [0.25, 0.3) is 0 Å². The first-order chi connectivity index (χ1) is 14.9. The first-order valence-electron chi connectivity index (χ1n) is 10.2. The number of amides is 1. The molecule has 3 aromatic rings. The number of hydrogen-bond donors (Lipinski definition) is 1. The molecule has 10 heteroatoms. The molecule has 1 aromatic carbocycles. The van der Waals surface area contributed by atoms with Gasteiger partial charge in [-0.2, -0.15) is 10.1 Å². The molecule has 164 valence electrons. The van der Waals surface area contributed by atoms with Crippen LogP contribution in [0.5, 0.6) is 0 Å². The van der Waals surface area contributed by atoms with Gasteiger partial charge >= 0.3 is 0 Å². The molecule has 0 unspecified atom stereocenters. The predicted octanol–water partition coefficient (Wildman–Crippen LogP) is 2.50. The van der Waals surface area contributed by atoms with Crippen LogP contribution in [0.15, 0.2) is 28.8 Å². The van der Waals surface area contributed by atoms with E-state index in [2.05, 4.69) is 30.4 Å². The molecule has 31 heavy (non-hydrogen) atoms. The molecule has 1 amide bonds. The number of carbonyl (C=O) groups is 1. The molecule has 1 aliphatic rings. The molecule has 4 rings (SSSR count). The fraction of sp³-hybridized carbons (Fsp3) is 0.429. The normalized spacial score (nSPS) is 15.4. The van der Waals surface area contributed by atoms with E-state index >= 15 is 0 Å². The largest absolute Gasteiger partial charge is 0.338 e. The van der Waals surface area contributed by atoms with E-state index in [9.17, 15) is 4.79 Å². The Bertz CT molecular complexity index is 1050. The molecule has 3 heterocycles. The maximum absolute atomic E-state index is 12.5. The Kier molecular flexibility index (Phi) is 6.35. The van der Waals surface area contributed by atoms with Crippen LogP contribution in [-0.2, 0) is 18.4 Å². The number of anilines is 1. The summed E-state index contributed by atoms with van der Waals surface area (Å²) in [5.74, 6) is 1.12. The van der Waals surface area contributed by atoms with Gasteiger partial charge in [0.2, 0.25) is 17.6 Å². The van der Waals surface area contributed by atoms with Gasteiger partial charge in [-0.05, 0) is 38.1 Å². The zero-order valence-corrected chi connectivity index (χ0v) is 18.7. The minimum atomic E-state index is -0.0165. The van der Waals surface area contributed by atoms with E-state index in [1.54, 1.807) is 16.8 Å². The molecule has 2 aromatic heterocycles. The second kappa shape index (κ2) is 9.17. The van der Waals surface area contributed by atoms with Crippen molar-refractivity contribution in [1.29, 1.82) is 0 Å². The van der Waals surface area contributed by atoms with Crippen molar-refractivity contribution in [2.24, 2.45) is 7.05 Å². The van der Waals surface area contributed by atoms with E-state index in [1.165, 1.54) is 0 Å². The molecule has 0 atom stereocenters. The van der Waals surface area contributed by atoms with E-state index in [4.69, 9.17) is 16.1 Å². The van der Waals surface area contributed by atoms with Crippen molar-refractivity contribution >= 4 is 23.2 Å². The third kappa shape index (κ3) is 5.12. The lowest BCUT2D eigenvalue weighted by Gasteiger charge is -2.33. The first-order valence-corrected chi connectivity index (χ1v) is 10.6. The number of hydrogen-bond acceptors (Lipinski definition) is 7. The molecule has 1 N–H and O–H groups in total. The van der Waals surface area contributed by atoms with Crippen molar-refractivity contribution in [3.63, 3.8) is 0 Å². The van der Waals surface area contributed by atoms with Gasteiger partial charge in [0.05, 0.1) is 30.2 Å². The number of piperazine rings is 1. The summed E-state index contributed by atoms with van der Waals surface area (Å²) in [5.41, 5.74) is 3.46. The van der Waals surface area contributed by atoms with E-state index in [1.807, 2.05) is 33.0 Å². The van der Waals surface area contributed by atoms with Crippen LogP contribution in [0, 0.1) is 13.8 Å². The number of halogens is 1. The maximum Gasteiger partial charge on any atom is 0.241 e. The highest BCUT2D eigenvalue weighted by Gasteiger charge is 2.22. The zero-order valence-electron chi connectivity index (χ0n) is 17.9. The zero-order chi connectivity index (χ0) is 22.0. The molecule has 1 saturated heterocycles. The second-order valence-electron chi connectivity index (χ2n) is 7.79. The molecular formula is C21H26ClN7O2. The number of aromatic nitrogens is 4. The van der Waals surface area contributed by atoms with Crippen LogP contribution in [0.2, 0.25) is 5.02 Å². The lowest BCUT2D eigenvalue weighted by Crippen LogP contribution is -2.48. The Morgan fingerprint density at radius 2 is 1.81 bits per heavy atom. The summed E-state index contributed by atoms with van der Waals surface area (Å²) < 4.78 is 7.19. The number of rotatable bonds is 6. The van der Waals surface area contributed by atoms with Crippen LogP contribution < -0.4 is 5.32 Å². The first kappa shape index (κ1) is 21.5. The topological polar surface area (TPSA) is 92.3 Å². The minimum absolute atomic E-state index is 0.0165. The van der Waals surface area contributed by atoms with Crippen molar-refractivity contribution in [2.75, 3.05) is 38.0 Å². The Labute approximate surface area is 186 Å². The number of carbonyl (C=O) groups excluding carboxylic acids is 1.